The highest BCUT2D eigenvalue weighted by Gasteiger charge is 2.26. The van der Waals surface area contributed by atoms with E-state index in [-0.39, 0.29) is 11.9 Å². The number of hydrogen-bond donors (Lipinski definition) is 1. The third kappa shape index (κ3) is 7.49. The molecule has 0 atom stereocenters. The van der Waals surface area contributed by atoms with Gasteiger partial charge < -0.3 is 24.6 Å². The lowest BCUT2D eigenvalue weighted by atomic mass is 9.97. The zero-order valence-corrected chi connectivity index (χ0v) is 15.7. The Bertz CT molecular complexity index is 382. The highest BCUT2D eigenvalue weighted by atomic mass is 16.5. The van der Waals surface area contributed by atoms with Crippen LogP contribution in [0.15, 0.2) is 4.99 Å². The van der Waals surface area contributed by atoms with Gasteiger partial charge in [0, 0.05) is 39.8 Å². The first-order valence-corrected chi connectivity index (χ1v) is 8.90. The Morgan fingerprint density at radius 1 is 1.29 bits per heavy atom. The van der Waals surface area contributed by atoms with Gasteiger partial charge in [0.25, 0.3) is 0 Å². The highest BCUT2D eigenvalue weighted by molar-refractivity contribution is 5.80. The van der Waals surface area contributed by atoms with Gasteiger partial charge in [-0.15, -0.1) is 0 Å². The number of esters is 1. The van der Waals surface area contributed by atoms with E-state index >= 15 is 0 Å². The molecule has 0 aromatic rings. The third-order valence-corrected chi connectivity index (χ3v) is 4.30. The largest absolute Gasteiger partial charge is 0.469 e. The molecule has 0 aromatic heterocycles. The van der Waals surface area contributed by atoms with Crippen molar-refractivity contribution in [2.75, 3.05) is 67.1 Å². The third-order valence-electron chi connectivity index (χ3n) is 4.30. The van der Waals surface area contributed by atoms with Crippen molar-refractivity contribution in [1.29, 1.82) is 0 Å². The van der Waals surface area contributed by atoms with Gasteiger partial charge in [0.15, 0.2) is 5.96 Å². The lowest BCUT2D eigenvalue weighted by molar-refractivity contribution is -0.146. The highest BCUT2D eigenvalue weighted by Crippen LogP contribution is 2.18. The number of aliphatic imine (C=N–C) groups is 1. The van der Waals surface area contributed by atoms with Crippen LogP contribution in [0.25, 0.3) is 0 Å². The van der Waals surface area contributed by atoms with E-state index in [1.807, 2.05) is 0 Å². The molecule has 140 valence electrons. The summed E-state index contributed by atoms with van der Waals surface area (Å²) in [6.07, 6.45) is 2.68. The Labute approximate surface area is 146 Å². The summed E-state index contributed by atoms with van der Waals surface area (Å²) in [6.45, 7) is 8.14. The number of nitrogens with one attached hydrogen (secondary N) is 1. The second kappa shape index (κ2) is 12.1. The number of hydrogen-bond acceptors (Lipinski definition) is 5. The summed E-state index contributed by atoms with van der Waals surface area (Å²) in [4.78, 5) is 20.9. The number of ether oxygens (including phenoxy) is 2. The van der Waals surface area contributed by atoms with E-state index in [1.54, 1.807) is 7.11 Å². The average molecular weight is 342 g/mol. The number of carbonyl (C=O) groups excluding carboxylic acids is 1. The first-order chi connectivity index (χ1) is 11.6. The van der Waals surface area contributed by atoms with Crippen molar-refractivity contribution >= 4 is 11.9 Å². The van der Waals surface area contributed by atoms with E-state index < -0.39 is 0 Å². The molecule has 1 rings (SSSR count). The normalized spacial score (nSPS) is 16.5. The van der Waals surface area contributed by atoms with Gasteiger partial charge in [-0.05, 0) is 39.8 Å². The summed E-state index contributed by atoms with van der Waals surface area (Å²) < 4.78 is 9.93. The minimum absolute atomic E-state index is 0.0311. The molecule has 7 nitrogen and oxygen atoms in total. The number of carbonyl (C=O) groups is 1. The van der Waals surface area contributed by atoms with Crippen LogP contribution in [-0.4, -0.2) is 88.9 Å². The Kier molecular flexibility index (Phi) is 10.4. The molecule has 1 heterocycles. The van der Waals surface area contributed by atoms with Gasteiger partial charge in [0.2, 0.25) is 0 Å². The molecule has 0 spiro atoms. The van der Waals surface area contributed by atoms with E-state index in [0.717, 1.165) is 71.1 Å². The van der Waals surface area contributed by atoms with Crippen LogP contribution in [0.4, 0.5) is 0 Å². The van der Waals surface area contributed by atoms with Gasteiger partial charge in [-0.1, -0.05) is 0 Å². The van der Waals surface area contributed by atoms with Crippen molar-refractivity contribution in [3.05, 3.63) is 0 Å². The second-order valence-corrected chi connectivity index (χ2v) is 6.17. The smallest absolute Gasteiger partial charge is 0.308 e. The summed E-state index contributed by atoms with van der Waals surface area (Å²) in [6, 6.07) is 0. The molecule has 24 heavy (non-hydrogen) atoms. The summed E-state index contributed by atoms with van der Waals surface area (Å²) in [5, 5.41) is 3.36. The first kappa shape index (κ1) is 20.7. The minimum atomic E-state index is -0.0873. The quantitative estimate of drug-likeness (QED) is 0.289. The van der Waals surface area contributed by atoms with Crippen LogP contribution in [0.2, 0.25) is 0 Å². The van der Waals surface area contributed by atoms with Gasteiger partial charge in [0.05, 0.1) is 19.6 Å². The summed E-state index contributed by atoms with van der Waals surface area (Å²) >= 11 is 0. The molecule has 0 saturated carbocycles. The predicted molar refractivity (Wildman–Crippen MR) is 96.3 cm³/mol. The molecular formula is C17H34N4O3. The van der Waals surface area contributed by atoms with E-state index in [0.29, 0.717) is 0 Å². The summed E-state index contributed by atoms with van der Waals surface area (Å²) in [7, 11) is 5.29. The van der Waals surface area contributed by atoms with Crippen LogP contribution in [0.5, 0.6) is 0 Å². The predicted octanol–water partition coefficient (Wildman–Crippen LogP) is 0.805. The fraction of sp³-hybridized carbons (Fsp3) is 0.882. The van der Waals surface area contributed by atoms with Crippen molar-refractivity contribution in [2.24, 2.45) is 10.9 Å². The van der Waals surface area contributed by atoms with Crippen molar-refractivity contribution in [1.82, 2.24) is 15.1 Å². The van der Waals surface area contributed by atoms with Crippen LogP contribution >= 0.6 is 0 Å². The fourth-order valence-corrected chi connectivity index (χ4v) is 2.80. The topological polar surface area (TPSA) is 66.4 Å². The number of nitrogens with zero attached hydrogens (tertiary/aromatic N) is 3. The Morgan fingerprint density at radius 3 is 2.58 bits per heavy atom. The maximum Gasteiger partial charge on any atom is 0.308 e. The fourth-order valence-electron chi connectivity index (χ4n) is 2.80. The lowest BCUT2D eigenvalue weighted by Gasteiger charge is -2.33. The van der Waals surface area contributed by atoms with Gasteiger partial charge in [-0.3, -0.25) is 9.79 Å². The molecule has 1 aliphatic heterocycles. The molecular weight excluding hydrogens is 308 g/mol. The molecule has 0 aromatic carbocycles. The number of rotatable bonds is 9. The summed E-state index contributed by atoms with van der Waals surface area (Å²) in [5.74, 6) is 0.902. The maximum absolute atomic E-state index is 11.6. The zero-order chi connectivity index (χ0) is 17.8. The SMILES string of the molecule is CCNC(=NCCCN(C)CCOC)N1CCC(C(=O)OC)CC1. The zero-order valence-electron chi connectivity index (χ0n) is 15.7. The van der Waals surface area contributed by atoms with E-state index in [9.17, 15) is 4.79 Å². The van der Waals surface area contributed by atoms with Crippen LogP contribution in [0, 0.1) is 5.92 Å². The maximum atomic E-state index is 11.6. The Hall–Kier alpha value is -1.34. The standard InChI is InChI=1S/C17H34N4O3/c1-5-18-17(19-9-6-10-20(2)13-14-23-3)21-11-7-15(8-12-21)16(22)24-4/h15H,5-14H2,1-4H3,(H,18,19). The van der Waals surface area contributed by atoms with Gasteiger partial charge in [-0.2, -0.15) is 0 Å². The van der Waals surface area contributed by atoms with Crippen LogP contribution in [-0.2, 0) is 14.3 Å². The minimum Gasteiger partial charge on any atom is -0.469 e. The molecule has 1 N–H and O–H groups in total. The molecule has 0 unspecified atom stereocenters. The average Bonchev–Trinajstić information content (AvgIpc) is 2.62. The number of methoxy groups -OCH3 is 2. The Morgan fingerprint density at radius 2 is 2.00 bits per heavy atom. The van der Waals surface area contributed by atoms with Gasteiger partial charge in [0.1, 0.15) is 0 Å². The molecule has 0 aliphatic carbocycles. The van der Waals surface area contributed by atoms with E-state index in [1.165, 1.54) is 7.11 Å². The van der Waals surface area contributed by atoms with Gasteiger partial charge >= 0.3 is 5.97 Å². The molecule has 0 radical (unpaired) electrons. The molecule has 7 heteroatoms. The number of guanidine groups is 1. The molecule has 1 aliphatic rings. The summed E-state index contributed by atoms with van der Waals surface area (Å²) in [5.41, 5.74) is 0. The van der Waals surface area contributed by atoms with E-state index in [2.05, 4.69) is 29.1 Å². The second-order valence-electron chi connectivity index (χ2n) is 6.17. The molecule has 0 bridgehead atoms. The monoisotopic (exact) mass is 342 g/mol. The molecule has 1 fully saturated rings. The number of piperidine rings is 1. The van der Waals surface area contributed by atoms with Crippen molar-refractivity contribution < 1.29 is 14.3 Å². The molecule has 1 saturated heterocycles. The van der Waals surface area contributed by atoms with Gasteiger partial charge in [-0.25, -0.2) is 0 Å². The van der Waals surface area contributed by atoms with E-state index in [4.69, 9.17) is 14.5 Å². The Balaban J connectivity index is 2.39. The van der Waals surface area contributed by atoms with Crippen molar-refractivity contribution in [2.45, 2.75) is 26.2 Å². The van der Waals surface area contributed by atoms with Crippen LogP contribution in [0.1, 0.15) is 26.2 Å². The number of likely N-dealkylation sites (N-methyl/N-ethyl adjacent to an activating group) is 1. The first-order valence-electron chi connectivity index (χ1n) is 8.90. The van der Waals surface area contributed by atoms with Crippen LogP contribution < -0.4 is 5.32 Å². The molecule has 0 amide bonds. The van der Waals surface area contributed by atoms with Crippen molar-refractivity contribution in [3.8, 4) is 0 Å². The number of likely N-dealkylation sites (tertiary alicyclic amines) is 1. The van der Waals surface area contributed by atoms with Crippen molar-refractivity contribution in [3.63, 3.8) is 0 Å². The van der Waals surface area contributed by atoms with Crippen LogP contribution in [0.3, 0.4) is 0 Å². The lowest BCUT2D eigenvalue weighted by Crippen LogP contribution is -2.46.